The fourth-order valence-corrected chi connectivity index (χ4v) is 1.86. The van der Waals surface area contributed by atoms with E-state index in [1.54, 1.807) is 0 Å². The molecule has 0 aliphatic rings. The van der Waals surface area contributed by atoms with Gasteiger partial charge in [0.2, 0.25) is 0 Å². The van der Waals surface area contributed by atoms with Gasteiger partial charge in [-0.2, -0.15) is 0 Å². The summed E-state index contributed by atoms with van der Waals surface area (Å²) in [5.41, 5.74) is 3.00. The highest BCUT2D eigenvalue weighted by Gasteiger charge is 2.12. The zero-order chi connectivity index (χ0) is 12.4. The Morgan fingerprint density at radius 1 is 1.41 bits per heavy atom. The number of aromatic amines is 1. The molecule has 2 rings (SSSR count). The van der Waals surface area contributed by atoms with E-state index in [2.05, 4.69) is 29.1 Å². The predicted octanol–water partition coefficient (Wildman–Crippen LogP) is 2.30. The first kappa shape index (κ1) is 11.9. The van der Waals surface area contributed by atoms with Crippen molar-refractivity contribution in [1.82, 2.24) is 9.97 Å². The summed E-state index contributed by atoms with van der Waals surface area (Å²) in [5, 5.41) is 12.6. The number of benzene rings is 1. The first-order chi connectivity index (χ1) is 8.10. The minimum absolute atomic E-state index is 0.0801. The third-order valence-electron chi connectivity index (χ3n) is 2.95. The number of imidazole rings is 1. The van der Waals surface area contributed by atoms with Gasteiger partial charge in [0.15, 0.2) is 0 Å². The summed E-state index contributed by atoms with van der Waals surface area (Å²) in [5.74, 6) is 1.30. The van der Waals surface area contributed by atoms with Crippen LogP contribution in [0.15, 0.2) is 18.2 Å². The van der Waals surface area contributed by atoms with Crippen LogP contribution >= 0.6 is 0 Å². The van der Waals surface area contributed by atoms with E-state index in [0.29, 0.717) is 5.92 Å². The predicted molar refractivity (Wildman–Crippen MR) is 70.2 cm³/mol. The van der Waals surface area contributed by atoms with E-state index >= 15 is 0 Å². The molecular weight excluding hydrogens is 214 g/mol. The lowest BCUT2D eigenvalue weighted by Gasteiger charge is -2.21. The standard InChI is InChI=1S/C13H19N3O/c1-8(2)13(7-17)16-10-4-5-11-12(6-10)15-9(3)14-11/h4-6,8,13,16-17H,7H2,1-3H3,(H,14,15). The van der Waals surface area contributed by atoms with E-state index in [0.717, 1.165) is 22.5 Å². The van der Waals surface area contributed by atoms with Crippen LogP contribution < -0.4 is 5.32 Å². The van der Waals surface area contributed by atoms with Gasteiger partial charge in [-0.15, -0.1) is 0 Å². The normalized spacial score (nSPS) is 13.2. The zero-order valence-corrected chi connectivity index (χ0v) is 10.5. The molecule has 0 aliphatic heterocycles. The lowest BCUT2D eigenvalue weighted by atomic mass is 10.1. The van der Waals surface area contributed by atoms with Gasteiger partial charge in [-0.1, -0.05) is 13.8 Å². The molecule has 0 radical (unpaired) electrons. The van der Waals surface area contributed by atoms with Crippen molar-refractivity contribution in [2.45, 2.75) is 26.8 Å². The van der Waals surface area contributed by atoms with Crippen molar-refractivity contribution < 1.29 is 5.11 Å². The highest BCUT2D eigenvalue weighted by Crippen LogP contribution is 2.19. The second-order valence-electron chi connectivity index (χ2n) is 4.73. The van der Waals surface area contributed by atoms with Crippen LogP contribution in [0.5, 0.6) is 0 Å². The Kier molecular flexibility index (Phi) is 3.33. The van der Waals surface area contributed by atoms with Crippen LogP contribution in [-0.4, -0.2) is 27.7 Å². The van der Waals surface area contributed by atoms with Crippen molar-refractivity contribution in [3.05, 3.63) is 24.0 Å². The van der Waals surface area contributed by atoms with Crippen LogP contribution in [0, 0.1) is 12.8 Å². The van der Waals surface area contributed by atoms with Crippen molar-refractivity contribution in [3.8, 4) is 0 Å². The van der Waals surface area contributed by atoms with Crippen molar-refractivity contribution in [2.75, 3.05) is 11.9 Å². The van der Waals surface area contributed by atoms with Crippen molar-refractivity contribution in [1.29, 1.82) is 0 Å². The third kappa shape index (κ3) is 2.58. The number of nitrogens with one attached hydrogen (secondary N) is 2. The number of nitrogens with zero attached hydrogens (tertiary/aromatic N) is 1. The van der Waals surface area contributed by atoms with Gasteiger partial charge in [-0.05, 0) is 31.0 Å². The van der Waals surface area contributed by atoms with E-state index < -0.39 is 0 Å². The molecule has 1 unspecified atom stereocenters. The summed E-state index contributed by atoms with van der Waals surface area (Å²) in [4.78, 5) is 7.56. The minimum atomic E-state index is 0.0801. The summed E-state index contributed by atoms with van der Waals surface area (Å²) >= 11 is 0. The number of H-pyrrole nitrogens is 1. The summed E-state index contributed by atoms with van der Waals surface area (Å²) in [6, 6.07) is 6.08. The lowest BCUT2D eigenvalue weighted by Crippen LogP contribution is -2.29. The number of aryl methyl sites for hydroxylation is 1. The first-order valence-electron chi connectivity index (χ1n) is 5.94. The van der Waals surface area contributed by atoms with Gasteiger partial charge in [0.1, 0.15) is 5.82 Å². The molecule has 1 atom stereocenters. The fourth-order valence-electron chi connectivity index (χ4n) is 1.86. The van der Waals surface area contributed by atoms with Crippen LogP contribution in [0.2, 0.25) is 0 Å². The molecule has 92 valence electrons. The molecule has 0 bridgehead atoms. The Bertz CT molecular complexity index is 504. The number of aliphatic hydroxyl groups is 1. The second kappa shape index (κ2) is 4.75. The van der Waals surface area contributed by atoms with E-state index in [9.17, 15) is 5.11 Å². The van der Waals surface area contributed by atoms with E-state index in [1.165, 1.54) is 0 Å². The molecule has 0 amide bonds. The molecule has 1 heterocycles. The molecule has 4 heteroatoms. The molecule has 17 heavy (non-hydrogen) atoms. The minimum Gasteiger partial charge on any atom is -0.394 e. The van der Waals surface area contributed by atoms with E-state index in [-0.39, 0.29) is 12.6 Å². The van der Waals surface area contributed by atoms with Crippen LogP contribution in [0.4, 0.5) is 5.69 Å². The van der Waals surface area contributed by atoms with Gasteiger partial charge in [-0.25, -0.2) is 4.98 Å². The van der Waals surface area contributed by atoms with Crippen molar-refractivity contribution in [2.24, 2.45) is 5.92 Å². The maximum Gasteiger partial charge on any atom is 0.104 e. The number of hydrogen-bond donors (Lipinski definition) is 3. The molecule has 0 saturated carbocycles. The number of aromatic nitrogens is 2. The van der Waals surface area contributed by atoms with Gasteiger partial charge in [0, 0.05) is 5.69 Å². The highest BCUT2D eigenvalue weighted by molar-refractivity contribution is 5.79. The molecule has 2 aromatic rings. The quantitative estimate of drug-likeness (QED) is 0.759. The summed E-state index contributed by atoms with van der Waals surface area (Å²) in [6.45, 7) is 6.26. The molecule has 4 nitrogen and oxygen atoms in total. The number of hydrogen-bond acceptors (Lipinski definition) is 3. The third-order valence-corrected chi connectivity index (χ3v) is 2.95. The summed E-state index contributed by atoms with van der Waals surface area (Å²) < 4.78 is 0. The molecule has 0 spiro atoms. The number of rotatable bonds is 4. The smallest absolute Gasteiger partial charge is 0.104 e. The van der Waals surface area contributed by atoms with Gasteiger partial charge in [0.05, 0.1) is 23.7 Å². The van der Waals surface area contributed by atoms with Crippen LogP contribution in [0.1, 0.15) is 19.7 Å². The highest BCUT2D eigenvalue weighted by atomic mass is 16.3. The lowest BCUT2D eigenvalue weighted by molar-refractivity contribution is 0.249. The Morgan fingerprint density at radius 3 is 2.82 bits per heavy atom. The molecule has 3 N–H and O–H groups in total. The molecule has 0 aliphatic carbocycles. The van der Waals surface area contributed by atoms with Gasteiger partial charge in [0.25, 0.3) is 0 Å². The Labute approximate surface area is 101 Å². The molecule has 0 fully saturated rings. The maximum absolute atomic E-state index is 9.29. The SMILES string of the molecule is Cc1nc2ccc(NC(CO)C(C)C)cc2[nH]1. The summed E-state index contributed by atoms with van der Waals surface area (Å²) in [7, 11) is 0. The van der Waals surface area contributed by atoms with E-state index in [4.69, 9.17) is 0 Å². The number of fused-ring (bicyclic) bond motifs is 1. The zero-order valence-electron chi connectivity index (χ0n) is 10.5. The fraction of sp³-hybridized carbons (Fsp3) is 0.462. The van der Waals surface area contributed by atoms with Crippen molar-refractivity contribution in [3.63, 3.8) is 0 Å². The topological polar surface area (TPSA) is 60.9 Å². The van der Waals surface area contributed by atoms with E-state index in [1.807, 2.05) is 25.1 Å². The largest absolute Gasteiger partial charge is 0.394 e. The molecule has 1 aromatic heterocycles. The Morgan fingerprint density at radius 2 is 2.18 bits per heavy atom. The molecular formula is C13H19N3O. The van der Waals surface area contributed by atoms with Gasteiger partial charge < -0.3 is 15.4 Å². The van der Waals surface area contributed by atoms with Gasteiger partial charge in [-0.3, -0.25) is 0 Å². The molecule has 1 aromatic carbocycles. The average Bonchev–Trinajstić information content (AvgIpc) is 2.64. The monoisotopic (exact) mass is 233 g/mol. The van der Waals surface area contributed by atoms with Gasteiger partial charge >= 0.3 is 0 Å². The van der Waals surface area contributed by atoms with Crippen LogP contribution in [-0.2, 0) is 0 Å². The number of aliphatic hydroxyl groups excluding tert-OH is 1. The Hall–Kier alpha value is -1.55. The maximum atomic E-state index is 9.29. The molecule has 0 saturated heterocycles. The first-order valence-corrected chi connectivity index (χ1v) is 5.94. The van der Waals surface area contributed by atoms with Crippen LogP contribution in [0.3, 0.4) is 0 Å². The second-order valence-corrected chi connectivity index (χ2v) is 4.73. The van der Waals surface area contributed by atoms with Crippen LogP contribution in [0.25, 0.3) is 11.0 Å². The average molecular weight is 233 g/mol. The van der Waals surface area contributed by atoms with Crippen molar-refractivity contribution >= 4 is 16.7 Å². The summed E-state index contributed by atoms with van der Waals surface area (Å²) in [6.07, 6.45) is 0. The Balaban J connectivity index is 2.23. The number of anilines is 1.